The topological polar surface area (TPSA) is 74.2 Å². The number of allylic oxidation sites excluding steroid dienone is 2. The second kappa shape index (κ2) is 9.25. The molecule has 0 aromatic heterocycles. The summed E-state index contributed by atoms with van der Waals surface area (Å²) in [6.07, 6.45) is 3.72. The Balaban J connectivity index is 2.13. The fourth-order valence-electron chi connectivity index (χ4n) is 4.14. The molecule has 0 bridgehead atoms. The van der Waals surface area contributed by atoms with Crippen LogP contribution in [0.15, 0.2) is 34.5 Å². The SMILES string of the molecule is CCCCOC(=O)C1C(C)=NC2=C(C(=O)CCC2)[C@H]1c1cc(OC)ccc1OC. The molecule has 29 heavy (non-hydrogen) atoms. The number of carbonyl (C=O) groups excluding carboxylic acids is 2. The molecule has 1 aromatic rings. The molecule has 156 valence electrons. The van der Waals surface area contributed by atoms with Crippen molar-refractivity contribution >= 4 is 17.5 Å². The van der Waals surface area contributed by atoms with Gasteiger partial charge in [0, 0.05) is 34.9 Å². The van der Waals surface area contributed by atoms with E-state index in [0.717, 1.165) is 36.9 Å². The molecule has 0 saturated heterocycles. The van der Waals surface area contributed by atoms with E-state index in [2.05, 4.69) is 4.99 Å². The van der Waals surface area contributed by atoms with Crippen LogP contribution in [0.5, 0.6) is 11.5 Å². The molecular weight excluding hydrogens is 370 g/mol. The highest BCUT2D eigenvalue weighted by Gasteiger charge is 2.44. The van der Waals surface area contributed by atoms with Crippen molar-refractivity contribution in [1.29, 1.82) is 0 Å². The average molecular weight is 399 g/mol. The van der Waals surface area contributed by atoms with E-state index >= 15 is 0 Å². The lowest BCUT2D eigenvalue weighted by Crippen LogP contribution is -2.37. The van der Waals surface area contributed by atoms with Gasteiger partial charge in [-0.15, -0.1) is 0 Å². The van der Waals surface area contributed by atoms with Crippen LogP contribution in [0.3, 0.4) is 0 Å². The monoisotopic (exact) mass is 399 g/mol. The van der Waals surface area contributed by atoms with Crippen LogP contribution in [0.2, 0.25) is 0 Å². The first-order valence-corrected chi connectivity index (χ1v) is 10.2. The third-order valence-corrected chi connectivity index (χ3v) is 5.60. The Labute approximate surface area is 171 Å². The summed E-state index contributed by atoms with van der Waals surface area (Å²) >= 11 is 0. The fourth-order valence-corrected chi connectivity index (χ4v) is 4.14. The number of methoxy groups -OCH3 is 2. The van der Waals surface area contributed by atoms with Crippen molar-refractivity contribution in [3.8, 4) is 11.5 Å². The minimum atomic E-state index is -0.659. The van der Waals surface area contributed by atoms with Gasteiger partial charge in [-0.05, 0) is 44.4 Å². The molecule has 2 aliphatic rings. The molecule has 0 saturated carbocycles. The number of aliphatic imine (C=N–C) groups is 1. The molecule has 0 fully saturated rings. The average Bonchev–Trinajstić information content (AvgIpc) is 2.72. The number of Topliss-reactive ketones (excluding diaryl/α,β-unsaturated/α-hetero) is 1. The van der Waals surface area contributed by atoms with Gasteiger partial charge in [0.25, 0.3) is 0 Å². The van der Waals surface area contributed by atoms with Crippen molar-refractivity contribution in [3.63, 3.8) is 0 Å². The zero-order chi connectivity index (χ0) is 21.0. The molecule has 0 spiro atoms. The molecule has 1 aromatic carbocycles. The Bertz CT molecular complexity index is 855. The van der Waals surface area contributed by atoms with Gasteiger partial charge in [0.05, 0.1) is 20.8 Å². The number of esters is 1. The van der Waals surface area contributed by atoms with Crippen molar-refractivity contribution in [1.82, 2.24) is 0 Å². The lowest BCUT2D eigenvalue weighted by atomic mass is 9.71. The summed E-state index contributed by atoms with van der Waals surface area (Å²) in [6, 6.07) is 5.46. The molecule has 0 amide bonds. The van der Waals surface area contributed by atoms with E-state index < -0.39 is 11.8 Å². The zero-order valence-corrected chi connectivity index (χ0v) is 17.6. The minimum absolute atomic E-state index is 0.0451. The van der Waals surface area contributed by atoms with Crippen molar-refractivity contribution in [2.45, 2.75) is 51.9 Å². The van der Waals surface area contributed by atoms with Gasteiger partial charge in [0.15, 0.2) is 5.78 Å². The highest BCUT2D eigenvalue weighted by Crippen LogP contribution is 2.47. The number of benzene rings is 1. The first kappa shape index (κ1) is 21.1. The van der Waals surface area contributed by atoms with Crippen molar-refractivity contribution in [2.75, 3.05) is 20.8 Å². The van der Waals surface area contributed by atoms with Crippen LogP contribution in [0.1, 0.15) is 57.4 Å². The van der Waals surface area contributed by atoms with Crippen molar-refractivity contribution in [2.24, 2.45) is 10.9 Å². The Morgan fingerprint density at radius 1 is 1.21 bits per heavy atom. The first-order chi connectivity index (χ1) is 14.0. The number of unbranched alkanes of at least 4 members (excludes halogenated alkanes) is 1. The van der Waals surface area contributed by atoms with E-state index in [4.69, 9.17) is 14.2 Å². The van der Waals surface area contributed by atoms with Crippen LogP contribution in [0, 0.1) is 5.92 Å². The van der Waals surface area contributed by atoms with Gasteiger partial charge in [-0.3, -0.25) is 14.6 Å². The second-order valence-electron chi connectivity index (χ2n) is 7.47. The summed E-state index contributed by atoms with van der Waals surface area (Å²) in [4.78, 5) is 30.7. The van der Waals surface area contributed by atoms with Crippen LogP contribution in [0.25, 0.3) is 0 Å². The maximum absolute atomic E-state index is 13.1. The summed E-state index contributed by atoms with van der Waals surface area (Å²) in [5.74, 6) is -0.196. The van der Waals surface area contributed by atoms with E-state index in [1.54, 1.807) is 20.3 Å². The maximum atomic E-state index is 13.1. The first-order valence-electron chi connectivity index (χ1n) is 10.2. The highest BCUT2D eigenvalue weighted by atomic mass is 16.5. The molecule has 3 rings (SSSR count). The van der Waals surface area contributed by atoms with Gasteiger partial charge in [0.1, 0.15) is 17.4 Å². The van der Waals surface area contributed by atoms with Gasteiger partial charge < -0.3 is 14.2 Å². The van der Waals surface area contributed by atoms with Gasteiger partial charge >= 0.3 is 5.97 Å². The van der Waals surface area contributed by atoms with Gasteiger partial charge in [0.2, 0.25) is 0 Å². The summed E-state index contributed by atoms with van der Waals surface area (Å²) in [5, 5.41) is 0. The van der Waals surface area contributed by atoms with E-state index in [9.17, 15) is 9.59 Å². The number of ether oxygens (including phenoxy) is 3. The number of hydrogen-bond donors (Lipinski definition) is 0. The van der Waals surface area contributed by atoms with E-state index in [1.165, 1.54) is 0 Å². The van der Waals surface area contributed by atoms with Crippen LogP contribution in [-0.2, 0) is 14.3 Å². The van der Waals surface area contributed by atoms with E-state index in [1.807, 2.05) is 26.0 Å². The van der Waals surface area contributed by atoms with Crippen molar-refractivity contribution < 1.29 is 23.8 Å². The summed E-state index contributed by atoms with van der Waals surface area (Å²) < 4.78 is 16.6. The molecular formula is C23H29NO5. The molecule has 6 nitrogen and oxygen atoms in total. The number of rotatable bonds is 7. The molecule has 1 aliphatic carbocycles. The summed E-state index contributed by atoms with van der Waals surface area (Å²) in [7, 11) is 3.17. The molecule has 2 atom stereocenters. The predicted octanol–water partition coefficient (Wildman–Crippen LogP) is 4.23. The molecule has 1 heterocycles. The minimum Gasteiger partial charge on any atom is -0.497 e. The highest BCUT2D eigenvalue weighted by molar-refractivity contribution is 6.09. The molecule has 1 aliphatic heterocycles. The van der Waals surface area contributed by atoms with Crippen LogP contribution < -0.4 is 9.47 Å². The van der Waals surface area contributed by atoms with Crippen LogP contribution in [-0.4, -0.2) is 38.3 Å². The lowest BCUT2D eigenvalue weighted by molar-refractivity contribution is -0.146. The third kappa shape index (κ3) is 4.21. The standard InChI is InChI=1S/C23H29NO5/c1-5-6-12-29-23(26)20-14(2)24-17-8-7-9-18(25)22(17)21(20)16-13-15(27-3)10-11-19(16)28-4/h10-11,13,20-21H,5-9,12H2,1-4H3/t20?,21-/m0/s1. The quantitative estimate of drug-likeness (QED) is 0.507. The third-order valence-electron chi connectivity index (χ3n) is 5.60. The lowest BCUT2D eigenvalue weighted by Gasteiger charge is -2.35. The Hall–Kier alpha value is -2.63. The summed E-state index contributed by atoms with van der Waals surface area (Å²) in [5.41, 5.74) is 2.83. The smallest absolute Gasteiger partial charge is 0.315 e. The molecule has 6 heteroatoms. The number of ketones is 1. The van der Waals surface area contributed by atoms with E-state index in [-0.39, 0.29) is 11.8 Å². The van der Waals surface area contributed by atoms with Gasteiger partial charge in [-0.1, -0.05) is 13.3 Å². The number of carbonyl (C=O) groups is 2. The Morgan fingerprint density at radius 3 is 2.69 bits per heavy atom. The normalized spacial score (nSPS) is 21.4. The van der Waals surface area contributed by atoms with Crippen LogP contribution >= 0.6 is 0 Å². The molecule has 0 radical (unpaired) electrons. The van der Waals surface area contributed by atoms with Crippen molar-refractivity contribution in [3.05, 3.63) is 35.0 Å². The second-order valence-corrected chi connectivity index (χ2v) is 7.47. The van der Waals surface area contributed by atoms with Gasteiger partial charge in [-0.25, -0.2) is 0 Å². The molecule has 1 unspecified atom stereocenters. The van der Waals surface area contributed by atoms with E-state index in [0.29, 0.717) is 35.8 Å². The fraction of sp³-hybridized carbons (Fsp3) is 0.522. The zero-order valence-electron chi connectivity index (χ0n) is 17.6. The van der Waals surface area contributed by atoms with Gasteiger partial charge in [-0.2, -0.15) is 0 Å². The Kier molecular flexibility index (Phi) is 6.72. The Morgan fingerprint density at radius 2 is 2.00 bits per heavy atom. The predicted molar refractivity (Wildman–Crippen MR) is 111 cm³/mol. The maximum Gasteiger partial charge on any atom is 0.315 e. The number of nitrogens with zero attached hydrogens (tertiary/aromatic N) is 1. The summed E-state index contributed by atoms with van der Waals surface area (Å²) in [6.45, 7) is 4.25. The largest absolute Gasteiger partial charge is 0.497 e. The molecule has 0 N–H and O–H groups in total. The number of hydrogen-bond acceptors (Lipinski definition) is 6. The van der Waals surface area contributed by atoms with Crippen LogP contribution in [0.4, 0.5) is 0 Å².